The Balaban J connectivity index is 0.000000356. The summed E-state index contributed by atoms with van der Waals surface area (Å²) < 4.78 is 86.0. The fourth-order valence-corrected chi connectivity index (χ4v) is 4.86. The summed E-state index contributed by atoms with van der Waals surface area (Å²) in [5, 5.41) is 13.2. The number of nitrogens with one attached hydrogen (secondary N) is 5. The van der Waals surface area contributed by atoms with Gasteiger partial charge in [0.05, 0.1) is 11.4 Å². The standard InChI is InChI=1S/C24H33F3N6O4.C15H14ClF3N4O2/c1-15(2)18-14-19(28-12-7-13-33(6)22(35)37-23(3,4)5)31-20(30-18)32-21(34)29-16-8-10-17(11-9-16)36-24(25,26)27;1-8(2)11-7-12(16)22-13(21-11)23-14(24)20-9-3-5-10(6-4-9)25-15(17,18)19/h8-11,14-15H,7,12-13H2,1-6H3,(H3,28,29,30,31,32,34);3-8H,1-2H3,(H2,20,21,22,23,24). The third-order valence-corrected chi connectivity index (χ3v) is 7.66. The van der Waals surface area contributed by atoms with Crippen LogP contribution in [0.4, 0.5) is 69.8 Å². The maximum atomic E-state index is 12.4. The minimum atomic E-state index is -4.80. The number of benzene rings is 2. The van der Waals surface area contributed by atoms with Crippen LogP contribution in [0.1, 0.15) is 78.1 Å². The molecule has 0 atom stereocenters. The second kappa shape index (κ2) is 22.0. The Kier molecular flexibility index (Phi) is 17.7. The maximum Gasteiger partial charge on any atom is 0.573 e. The Morgan fingerprint density at radius 2 is 1.11 bits per heavy atom. The fourth-order valence-electron chi connectivity index (χ4n) is 4.67. The van der Waals surface area contributed by atoms with Gasteiger partial charge in [0.25, 0.3) is 0 Å². The van der Waals surface area contributed by atoms with E-state index in [9.17, 15) is 40.7 Å². The highest BCUT2D eigenvalue weighted by atomic mass is 35.5. The summed E-state index contributed by atoms with van der Waals surface area (Å²) in [6.45, 7) is 14.1. The van der Waals surface area contributed by atoms with Crippen molar-refractivity contribution in [1.82, 2.24) is 24.8 Å². The van der Waals surface area contributed by atoms with Gasteiger partial charge in [0.15, 0.2) is 0 Å². The lowest BCUT2D eigenvalue weighted by Crippen LogP contribution is -2.35. The van der Waals surface area contributed by atoms with Gasteiger partial charge in [-0.25, -0.2) is 29.3 Å². The van der Waals surface area contributed by atoms with Gasteiger partial charge in [-0.3, -0.25) is 10.6 Å². The van der Waals surface area contributed by atoms with Gasteiger partial charge in [0.1, 0.15) is 28.1 Å². The van der Waals surface area contributed by atoms with E-state index in [1.165, 1.54) is 29.2 Å². The third kappa shape index (κ3) is 19.4. The number of rotatable bonds is 13. The monoisotopic (exact) mass is 900 g/mol. The predicted molar refractivity (Wildman–Crippen MR) is 221 cm³/mol. The number of carbonyl (C=O) groups excluding carboxylic acids is 3. The zero-order chi connectivity index (χ0) is 46.4. The molecule has 0 unspecified atom stereocenters. The zero-order valence-corrected chi connectivity index (χ0v) is 35.6. The largest absolute Gasteiger partial charge is 0.573 e. The van der Waals surface area contributed by atoms with Gasteiger partial charge in [-0.15, -0.1) is 26.3 Å². The molecule has 5 N–H and O–H groups in total. The van der Waals surface area contributed by atoms with Gasteiger partial charge in [0.2, 0.25) is 11.9 Å². The van der Waals surface area contributed by atoms with Crippen LogP contribution in [0, 0.1) is 0 Å². The number of alkyl halides is 6. The number of aromatic nitrogens is 4. The van der Waals surface area contributed by atoms with E-state index in [2.05, 4.69) is 56.0 Å². The molecule has 62 heavy (non-hydrogen) atoms. The molecule has 2 heterocycles. The van der Waals surface area contributed by atoms with Crippen molar-refractivity contribution < 1.29 is 54.9 Å². The zero-order valence-electron chi connectivity index (χ0n) is 34.9. The summed E-state index contributed by atoms with van der Waals surface area (Å²) in [4.78, 5) is 54.6. The van der Waals surface area contributed by atoms with Crippen molar-refractivity contribution in [2.24, 2.45) is 0 Å². The van der Waals surface area contributed by atoms with Crippen LogP contribution < -0.4 is 36.1 Å². The number of halogens is 7. The molecule has 5 amide bonds. The summed E-state index contributed by atoms with van der Waals surface area (Å²) in [5.74, 6) is -0.100. The van der Waals surface area contributed by atoms with E-state index in [4.69, 9.17) is 16.3 Å². The van der Waals surface area contributed by atoms with Crippen LogP contribution in [-0.4, -0.2) is 81.5 Å². The molecule has 0 fully saturated rings. The Morgan fingerprint density at radius 3 is 1.53 bits per heavy atom. The van der Waals surface area contributed by atoms with E-state index in [0.717, 1.165) is 24.3 Å². The number of hydrogen-bond donors (Lipinski definition) is 5. The van der Waals surface area contributed by atoms with Crippen LogP contribution in [0.5, 0.6) is 11.5 Å². The first-order valence-corrected chi connectivity index (χ1v) is 19.1. The van der Waals surface area contributed by atoms with Crippen LogP contribution in [-0.2, 0) is 4.74 Å². The Hall–Kier alpha value is -6.32. The summed E-state index contributed by atoms with van der Waals surface area (Å²) >= 11 is 5.88. The Labute approximate surface area is 358 Å². The van der Waals surface area contributed by atoms with E-state index >= 15 is 0 Å². The van der Waals surface area contributed by atoms with Gasteiger partial charge in [-0.1, -0.05) is 39.3 Å². The van der Waals surface area contributed by atoms with Crippen molar-refractivity contribution >= 4 is 58.8 Å². The van der Waals surface area contributed by atoms with Gasteiger partial charge in [-0.05, 0) is 93.6 Å². The lowest BCUT2D eigenvalue weighted by molar-refractivity contribution is -0.275. The van der Waals surface area contributed by atoms with E-state index in [1.807, 2.05) is 27.7 Å². The second-order valence-corrected chi connectivity index (χ2v) is 15.1. The summed E-state index contributed by atoms with van der Waals surface area (Å²) in [5.41, 5.74) is 1.28. The minimum absolute atomic E-state index is 0.0192. The number of urea groups is 2. The van der Waals surface area contributed by atoms with E-state index in [-0.39, 0.29) is 40.3 Å². The maximum absolute atomic E-state index is 12.4. The highest BCUT2D eigenvalue weighted by Crippen LogP contribution is 2.26. The number of hydrogen-bond acceptors (Lipinski definition) is 11. The van der Waals surface area contributed by atoms with Crippen molar-refractivity contribution in [3.8, 4) is 11.5 Å². The van der Waals surface area contributed by atoms with E-state index in [0.29, 0.717) is 36.7 Å². The normalized spacial score (nSPS) is 11.5. The number of nitrogens with zero attached hydrogens (tertiary/aromatic N) is 5. The van der Waals surface area contributed by atoms with Gasteiger partial charge >= 0.3 is 30.9 Å². The number of carbonyl (C=O) groups is 3. The van der Waals surface area contributed by atoms with E-state index < -0.39 is 48.0 Å². The lowest BCUT2D eigenvalue weighted by atomic mass is 10.1. The van der Waals surface area contributed by atoms with Crippen LogP contribution in [0.3, 0.4) is 0 Å². The lowest BCUT2D eigenvalue weighted by Gasteiger charge is -2.24. The highest BCUT2D eigenvalue weighted by molar-refractivity contribution is 6.29. The molecule has 0 aliphatic carbocycles. The molecule has 0 radical (unpaired) electrons. The van der Waals surface area contributed by atoms with Gasteiger partial charge < -0.3 is 35.1 Å². The summed E-state index contributed by atoms with van der Waals surface area (Å²) in [7, 11) is 1.66. The third-order valence-electron chi connectivity index (χ3n) is 7.47. The molecule has 2 aromatic carbocycles. The topological polar surface area (TPSA) is 194 Å². The molecule has 0 aliphatic heterocycles. The molecular formula is C39H47ClF6N10O6. The average Bonchev–Trinajstić information content (AvgIpc) is 3.13. The molecule has 4 aromatic rings. The molecule has 23 heteroatoms. The molecule has 4 rings (SSSR count). The summed E-state index contributed by atoms with van der Waals surface area (Å²) in [6, 6.07) is 11.4. The van der Waals surface area contributed by atoms with Crippen LogP contribution >= 0.6 is 11.6 Å². The van der Waals surface area contributed by atoms with Crippen LogP contribution in [0.25, 0.3) is 0 Å². The van der Waals surface area contributed by atoms with Gasteiger partial charge in [-0.2, -0.15) is 4.98 Å². The first-order chi connectivity index (χ1) is 28.7. The first-order valence-electron chi connectivity index (χ1n) is 18.7. The van der Waals surface area contributed by atoms with Crippen molar-refractivity contribution in [2.75, 3.05) is 46.7 Å². The smallest absolute Gasteiger partial charge is 0.444 e. The first kappa shape index (κ1) is 50.0. The number of amides is 5. The molecule has 0 saturated heterocycles. The van der Waals surface area contributed by atoms with Crippen molar-refractivity contribution in [1.29, 1.82) is 0 Å². The van der Waals surface area contributed by atoms with Crippen LogP contribution in [0.15, 0.2) is 60.7 Å². The predicted octanol–water partition coefficient (Wildman–Crippen LogP) is 10.6. The SMILES string of the molecule is CC(C)c1cc(Cl)nc(NC(=O)Nc2ccc(OC(F)(F)F)cc2)n1.CC(C)c1cc(NCCCN(C)C(=O)OC(C)(C)C)nc(NC(=O)Nc2ccc(OC(F)(F)F)cc2)n1. The van der Waals surface area contributed by atoms with Crippen LogP contribution in [0.2, 0.25) is 5.15 Å². The van der Waals surface area contributed by atoms with Crippen molar-refractivity contribution in [2.45, 2.75) is 85.0 Å². The molecule has 0 aliphatic rings. The number of anilines is 5. The molecular weight excluding hydrogens is 854 g/mol. The Morgan fingerprint density at radius 1 is 0.677 bits per heavy atom. The molecule has 2 aromatic heterocycles. The van der Waals surface area contributed by atoms with E-state index in [1.54, 1.807) is 40.0 Å². The molecule has 338 valence electrons. The molecule has 16 nitrogen and oxygen atoms in total. The molecule has 0 saturated carbocycles. The average molecular weight is 901 g/mol. The van der Waals surface area contributed by atoms with Crippen molar-refractivity contribution in [3.05, 3.63) is 77.2 Å². The molecule has 0 bridgehead atoms. The quantitative estimate of drug-likeness (QED) is 0.0487. The highest BCUT2D eigenvalue weighted by Gasteiger charge is 2.32. The summed E-state index contributed by atoms with van der Waals surface area (Å²) in [6.07, 6.45) is -9.36. The Bertz CT molecular complexity index is 2100. The number of ether oxygens (including phenoxy) is 3. The van der Waals surface area contributed by atoms with Crippen molar-refractivity contribution in [3.63, 3.8) is 0 Å². The fraction of sp³-hybridized carbons (Fsp3) is 0.410. The second-order valence-electron chi connectivity index (χ2n) is 14.7. The minimum Gasteiger partial charge on any atom is -0.444 e. The van der Waals surface area contributed by atoms with Gasteiger partial charge in [0, 0.05) is 37.6 Å². The molecule has 0 spiro atoms.